The minimum Gasteiger partial charge on any atom is -0.380 e. The lowest BCUT2D eigenvalue weighted by molar-refractivity contribution is -0.136. The van der Waals surface area contributed by atoms with E-state index in [4.69, 9.17) is 10.5 Å². The van der Waals surface area contributed by atoms with Crippen molar-refractivity contribution in [3.05, 3.63) is 22.4 Å². The first-order valence-electron chi connectivity index (χ1n) is 5.83. The standard InChI is InChI=1S/C12H18N2O2S/c1-16-9-4-2-6-14(8-9)12(15)11(13)10-5-3-7-17-10/h3,5,7,9,11H,2,4,6,8,13H2,1H3. The highest BCUT2D eigenvalue weighted by atomic mass is 32.1. The lowest BCUT2D eigenvalue weighted by Crippen LogP contribution is -2.46. The van der Waals surface area contributed by atoms with Gasteiger partial charge in [-0.15, -0.1) is 11.3 Å². The van der Waals surface area contributed by atoms with Crippen LogP contribution in [0.15, 0.2) is 17.5 Å². The molecule has 1 fully saturated rings. The Bertz CT molecular complexity index is 367. The summed E-state index contributed by atoms with van der Waals surface area (Å²) in [5, 5.41) is 1.94. The Morgan fingerprint density at radius 2 is 2.53 bits per heavy atom. The van der Waals surface area contributed by atoms with E-state index in [0.29, 0.717) is 6.54 Å². The zero-order valence-corrected chi connectivity index (χ0v) is 10.8. The predicted octanol–water partition coefficient (Wildman–Crippen LogP) is 1.39. The molecule has 0 saturated carbocycles. The van der Waals surface area contributed by atoms with Gasteiger partial charge < -0.3 is 15.4 Å². The third kappa shape index (κ3) is 2.86. The van der Waals surface area contributed by atoms with Gasteiger partial charge in [0.1, 0.15) is 6.04 Å². The van der Waals surface area contributed by atoms with Crippen LogP contribution < -0.4 is 5.73 Å². The Kier molecular flexibility index (Phi) is 4.15. The molecule has 0 radical (unpaired) electrons. The minimum atomic E-state index is -0.523. The average molecular weight is 254 g/mol. The van der Waals surface area contributed by atoms with Crippen LogP contribution in [-0.2, 0) is 9.53 Å². The molecule has 2 rings (SSSR count). The van der Waals surface area contributed by atoms with Crippen LogP contribution in [0.1, 0.15) is 23.8 Å². The van der Waals surface area contributed by atoms with E-state index in [9.17, 15) is 4.79 Å². The van der Waals surface area contributed by atoms with Gasteiger partial charge in [-0.05, 0) is 24.3 Å². The zero-order chi connectivity index (χ0) is 12.3. The van der Waals surface area contributed by atoms with E-state index in [1.165, 1.54) is 11.3 Å². The molecular formula is C12H18N2O2S. The molecule has 94 valence electrons. The number of piperidine rings is 1. The maximum atomic E-state index is 12.2. The first-order chi connectivity index (χ1) is 8.22. The van der Waals surface area contributed by atoms with Crippen molar-refractivity contribution in [1.82, 2.24) is 4.90 Å². The fourth-order valence-electron chi connectivity index (χ4n) is 2.12. The molecule has 1 aromatic rings. The van der Waals surface area contributed by atoms with Gasteiger partial charge in [-0.25, -0.2) is 0 Å². The van der Waals surface area contributed by atoms with Crippen molar-refractivity contribution < 1.29 is 9.53 Å². The Morgan fingerprint density at radius 3 is 3.18 bits per heavy atom. The zero-order valence-electron chi connectivity index (χ0n) is 9.96. The normalized spacial score (nSPS) is 22.5. The van der Waals surface area contributed by atoms with Crippen LogP contribution in [0.4, 0.5) is 0 Å². The van der Waals surface area contributed by atoms with Gasteiger partial charge in [0.25, 0.3) is 0 Å². The average Bonchev–Trinajstić information content (AvgIpc) is 2.91. The number of ether oxygens (including phenoxy) is 1. The van der Waals surface area contributed by atoms with E-state index in [1.54, 1.807) is 7.11 Å². The lowest BCUT2D eigenvalue weighted by atomic mass is 10.1. The van der Waals surface area contributed by atoms with Gasteiger partial charge in [-0.2, -0.15) is 0 Å². The topological polar surface area (TPSA) is 55.6 Å². The first-order valence-corrected chi connectivity index (χ1v) is 6.71. The molecule has 0 bridgehead atoms. The molecule has 5 heteroatoms. The van der Waals surface area contributed by atoms with Gasteiger partial charge in [0.15, 0.2) is 0 Å². The smallest absolute Gasteiger partial charge is 0.245 e. The highest BCUT2D eigenvalue weighted by molar-refractivity contribution is 7.10. The Balaban J connectivity index is 1.99. The number of hydrogen-bond acceptors (Lipinski definition) is 4. The number of nitrogens with two attached hydrogens (primary N) is 1. The van der Waals surface area contributed by atoms with Crippen molar-refractivity contribution in [2.75, 3.05) is 20.2 Å². The van der Waals surface area contributed by atoms with Crippen LogP contribution in [-0.4, -0.2) is 37.1 Å². The number of carbonyl (C=O) groups excluding carboxylic acids is 1. The van der Waals surface area contributed by atoms with Crippen molar-refractivity contribution in [2.24, 2.45) is 5.73 Å². The van der Waals surface area contributed by atoms with Crippen molar-refractivity contribution in [1.29, 1.82) is 0 Å². The quantitative estimate of drug-likeness (QED) is 0.886. The van der Waals surface area contributed by atoms with Gasteiger partial charge in [-0.3, -0.25) is 4.79 Å². The predicted molar refractivity (Wildman–Crippen MR) is 67.9 cm³/mol. The van der Waals surface area contributed by atoms with E-state index in [0.717, 1.165) is 24.3 Å². The largest absolute Gasteiger partial charge is 0.380 e. The fraction of sp³-hybridized carbons (Fsp3) is 0.583. The van der Waals surface area contributed by atoms with Crippen LogP contribution in [0.2, 0.25) is 0 Å². The van der Waals surface area contributed by atoms with E-state index < -0.39 is 6.04 Å². The summed E-state index contributed by atoms with van der Waals surface area (Å²) in [7, 11) is 1.69. The molecule has 2 unspecified atom stereocenters. The van der Waals surface area contributed by atoms with Gasteiger partial charge in [0.2, 0.25) is 5.91 Å². The number of amides is 1. The lowest BCUT2D eigenvalue weighted by Gasteiger charge is -2.33. The summed E-state index contributed by atoms with van der Waals surface area (Å²) in [5.74, 6) is 0.00852. The molecule has 1 aromatic heterocycles. The van der Waals surface area contributed by atoms with Crippen molar-refractivity contribution >= 4 is 17.2 Å². The number of thiophene rings is 1. The van der Waals surface area contributed by atoms with E-state index in [2.05, 4.69) is 0 Å². The Labute approximate surface area is 105 Å². The number of likely N-dealkylation sites (tertiary alicyclic amines) is 1. The maximum absolute atomic E-state index is 12.2. The third-order valence-electron chi connectivity index (χ3n) is 3.14. The number of nitrogens with zero attached hydrogens (tertiary/aromatic N) is 1. The van der Waals surface area contributed by atoms with Gasteiger partial charge in [-0.1, -0.05) is 6.07 Å². The SMILES string of the molecule is COC1CCCN(C(=O)C(N)c2cccs2)C1. The third-order valence-corrected chi connectivity index (χ3v) is 4.09. The molecule has 4 nitrogen and oxygen atoms in total. The van der Waals surface area contributed by atoms with Crippen molar-refractivity contribution in [3.63, 3.8) is 0 Å². The molecule has 1 saturated heterocycles. The van der Waals surface area contributed by atoms with E-state index in [-0.39, 0.29) is 12.0 Å². The van der Waals surface area contributed by atoms with Gasteiger partial charge in [0, 0.05) is 25.1 Å². The fourth-order valence-corrected chi connectivity index (χ4v) is 2.84. The minimum absolute atomic E-state index is 0.00852. The molecule has 0 aromatic carbocycles. The molecule has 1 aliphatic rings. The van der Waals surface area contributed by atoms with E-state index >= 15 is 0 Å². The van der Waals surface area contributed by atoms with Crippen LogP contribution >= 0.6 is 11.3 Å². The molecule has 17 heavy (non-hydrogen) atoms. The van der Waals surface area contributed by atoms with Crippen LogP contribution in [0, 0.1) is 0 Å². The second-order valence-electron chi connectivity index (χ2n) is 4.28. The number of rotatable bonds is 3. The summed E-state index contributed by atoms with van der Waals surface area (Å²) < 4.78 is 5.31. The van der Waals surface area contributed by atoms with E-state index in [1.807, 2.05) is 22.4 Å². The van der Waals surface area contributed by atoms with Crippen molar-refractivity contribution in [2.45, 2.75) is 25.0 Å². The highest BCUT2D eigenvalue weighted by Gasteiger charge is 2.28. The Hall–Kier alpha value is -0.910. The summed E-state index contributed by atoms with van der Waals surface area (Å²) in [4.78, 5) is 15.0. The second-order valence-corrected chi connectivity index (χ2v) is 5.26. The Morgan fingerprint density at radius 1 is 1.71 bits per heavy atom. The molecule has 0 spiro atoms. The number of carbonyl (C=O) groups is 1. The van der Waals surface area contributed by atoms with Gasteiger partial charge >= 0.3 is 0 Å². The molecular weight excluding hydrogens is 236 g/mol. The van der Waals surface area contributed by atoms with Crippen molar-refractivity contribution in [3.8, 4) is 0 Å². The summed E-state index contributed by atoms with van der Waals surface area (Å²) in [6.45, 7) is 1.45. The number of methoxy groups -OCH3 is 1. The molecule has 1 amide bonds. The maximum Gasteiger partial charge on any atom is 0.245 e. The second kappa shape index (κ2) is 5.62. The first kappa shape index (κ1) is 12.5. The monoisotopic (exact) mass is 254 g/mol. The molecule has 2 atom stereocenters. The summed E-state index contributed by atoms with van der Waals surface area (Å²) >= 11 is 1.53. The molecule has 2 heterocycles. The highest BCUT2D eigenvalue weighted by Crippen LogP contribution is 2.21. The van der Waals surface area contributed by atoms with Crippen LogP contribution in [0.5, 0.6) is 0 Å². The molecule has 0 aliphatic carbocycles. The summed E-state index contributed by atoms with van der Waals surface area (Å²) in [6.07, 6.45) is 2.17. The summed E-state index contributed by atoms with van der Waals surface area (Å²) in [6, 6.07) is 3.30. The summed E-state index contributed by atoms with van der Waals surface area (Å²) in [5.41, 5.74) is 5.98. The molecule has 2 N–H and O–H groups in total. The van der Waals surface area contributed by atoms with Crippen LogP contribution in [0.3, 0.4) is 0 Å². The van der Waals surface area contributed by atoms with Crippen LogP contribution in [0.25, 0.3) is 0 Å². The van der Waals surface area contributed by atoms with Gasteiger partial charge in [0.05, 0.1) is 6.10 Å². The molecule has 1 aliphatic heterocycles. The number of hydrogen-bond donors (Lipinski definition) is 1.